The van der Waals surface area contributed by atoms with Gasteiger partial charge in [-0.25, -0.2) is 4.98 Å². The summed E-state index contributed by atoms with van der Waals surface area (Å²) >= 11 is 0. The lowest BCUT2D eigenvalue weighted by molar-refractivity contribution is 0.388. The number of ether oxygens (including phenoxy) is 1. The van der Waals surface area contributed by atoms with Crippen LogP contribution in [0.5, 0.6) is 5.88 Å². The average molecular weight is 209 g/mol. The number of nitrogens with zero attached hydrogens (tertiary/aromatic N) is 1. The summed E-state index contributed by atoms with van der Waals surface area (Å²) in [6.45, 7) is 3.86. The molecule has 15 heavy (non-hydrogen) atoms. The maximum atomic E-state index is 5.17. The first-order valence-corrected chi connectivity index (χ1v) is 5.13. The molecule has 0 aromatic carbocycles. The van der Waals surface area contributed by atoms with Gasteiger partial charge in [-0.05, 0) is 20.0 Å². The molecule has 4 heteroatoms. The minimum Gasteiger partial charge on any atom is -0.481 e. The van der Waals surface area contributed by atoms with Gasteiger partial charge in [-0.3, -0.25) is 0 Å². The van der Waals surface area contributed by atoms with Crippen LogP contribution in [0.2, 0.25) is 0 Å². The fourth-order valence-electron chi connectivity index (χ4n) is 1.40. The Morgan fingerprint density at radius 1 is 1.53 bits per heavy atom. The molecule has 0 saturated heterocycles. The van der Waals surface area contributed by atoms with Crippen LogP contribution in [-0.4, -0.2) is 31.7 Å². The highest BCUT2D eigenvalue weighted by atomic mass is 16.5. The van der Waals surface area contributed by atoms with Crippen LogP contribution in [0.25, 0.3) is 0 Å². The fourth-order valence-corrected chi connectivity index (χ4v) is 1.40. The van der Waals surface area contributed by atoms with Gasteiger partial charge < -0.3 is 15.4 Å². The van der Waals surface area contributed by atoms with Crippen LogP contribution in [0.4, 0.5) is 0 Å². The minimum atomic E-state index is 0.430. The summed E-state index contributed by atoms with van der Waals surface area (Å²) in [4.78, 5) is 4.14. The molecule has 1 heterocycles. The number of rotatable bonds is 6. The molecule has 1 aromatic heterocycles. The zero-order valence-corrected chi connectivity index (χ0v) is 9.58. The third kappa shape index (κ3) is 3.85. The highest BCUT2D eigenvalue weighted by Crippen LogP contribution is 2.12. The van der Waals surface area contributed by atoms with Crippen molar-refractivity contribution in [2.45, 2.75) is 19.5 Å². The Morgan fingerprint density at radius 3 is 3.00 bits per heavy atom. The van der Waals surface area contributed by atoms with E-state index in [2.05, 4.69) is 22.5 Å². The largest absolute Gasteiger partial charge is 0.481 e. The van der Waals surface area contributed by atoms with Gasteiger partial charge in [0.15, 0.2) is 0 Å². The van der Waals surface area contributed by atoms with Crippen molar-refractivity contribution < 1.29 is 4.74 Å². The Bertz CT molecular complexity index is 291. The van der Waals surface area contributed by atoms with Crippen LogP contribution in [0.1, 0.15) is 12.5 Å². The number of methoxy groups -OCH3 is 1. The monoisotopic (exact) mass is 209 g/mol. The molecular weight excluding hydrogens is 190 g/mol. The van der Waals surface area contributed by atoms with E-state index in [0.717, 1.165) is 18.7 Å². The number of nitrogens with one attached hydrogen (secondary N) is 2. The molecular formula is C11H19N3O. The van der Waals surface area contributed by atoms with Gasteiger partial charge in [-0.15, -0.1) is 0 Å². The van der Waals surface area contributed by atoms with E-state index in [4.69, 9.17) is 4.74 Å². The fraction of sp³-hybridized carbons (Fsp3) is 0.545. The zero-order valence-electron chi connectivity index (χ0n) is 9.58. The van der Waals surface area contributed by atoms with Gasteiger partial charge >= 0.3 is 0 Å². The van der Waals surface area contributed by atoms with Crippen molar-refractivity contribution in [1.82, 2.24) is 15.6 Å². The van der Waals surface area contributed by atoms with Crippen LogP contribution >= 0.6 is 0 Å². The third-order valence-corrected chi connectivity index (χ3v) is 2.19. The summed E-state index contributed by atoms with van der Waals surface area (Å²) in [5, 5.41) is 6.51. The van der Waals surface area contributed by atoms with E-state index < -0.39 is 0 Å². The predicted octanol–water partition coefficient (Wildman–Crippen LogP) is 0.788. The van der Waals surface area contributed by atoms with Crippen LogP contribution < -0.4 is 15.4 Å². The average Bonchev–Trinajstić information content (AvgIpc) is 2.27. The Morgan fingerprint density at radius 2 is 2.33 bits per heavy atom. The quantitative estimate of drug-likeness (QED) is 0.727. The molecule has 0 saturated carbocycles. The van der Waals surface area contributed by atoms with E-state index in [0.29, 0.717) is 11.9 Å². The standard InChI is InChI=1S/C11H19N3O/c1-9(7-12-2)14-8-10-5-4-6-13-11(10)15-3/h4-6,9,12,14H,7-8H2,1-3H3. The van der Waals surface area contributed by atoms with Crippen molar-refractivity contribution in [1.29, 1.82) is 0 Å². The number of hydrogen-bond donors (Lipinski definition) is 2. The molecule has 0 bridgehead atoms. The molecule has 0 fully saturated rings. The summed E-state index contributed by atoms with van der Waals surface area (Å²) in [7, 11) is 3.59. The molecule has 0 amide bonds. The molecule has 2 N–H and O–H groups in total. The van der Waals surface area contributed by atoms with Crippen LogP contribution in [0, 0.1) is 0 Å². The van der Waals surface area contributed by atoms with Crippen LogP contribution in [0.15, 0.2) is 18.3 Å². The lowest BCUT2D eigenvalue weighted by atomic mass is 10.2. The molecule has 0 aliphatic carbocycles. The SMILES string of the molecule is CNCC(C)NCc1cccnc1OC. The van der Waals surface area contributed by atoms with Crippen molar-refractivity contribution in [2.75, 3.05) is 20.7 Å². The van der Waals surface area contributed by atoms with Crippen molar-refractivity contribution in [3.05, 3.63) is 23.9 Å². The zero-order chi connectivity index (χ0) is 11.1. The first-order chi connectivity index (χ1) is 7.27. The highest BCUT2D eigenvalue weighted by molar-refractivity contribution is 5.25. The molecule has 84 valence electrons. The van der Waals surface area contributed by atoms with Crippen LogP contribution in [-0.2, 0) is 6.54 Å². The molecule has 4 nitrogen and oxygen atoms in total. The maximum absolute atomic E-state index is 5.17. The topological polar surface area (TPSA) is 46.2 Å². The molecule has 0 spiro atoms. The molecule has 1 atom stereocenters. The number of pyridine rings is 1. The van der Waals surface area contributed by atoms with E-state index in [-0.39, 0.29) is 0 Å². The second-order valence-electron chi connectivity index (χ2n) is 3.51. The Labute approximate surface area is 91.1 Å². The summed E-state index contributed by atoms with van der Waals surface area (Å²) < 4.78 is 5.17. The van der Waals surface area contributed by atoms with E-state index >= 15 is 0 Å². The second kappa shape index (κ2) is 6.37. The third-order valence-electron chi connectivity index (χ3n) is 2.19. The van der Waals surface area contributed by atoms with Gasteiger partial charge in [-0.1, -0.05) is 6.07 Å². The number of likely N-dealkylation sites (N-methyl/N-ethyl adjacent to an activating group) is 1. The van der Waals surface area contributed by atoms with Gasteiger partial charge in [0.1, 0.15) is 0 Å². The summed E-state index contributed by atoms with van der Waals surface area (Å²) in [5.74, 6) is 0.696. The van der Waals surface area contributed by atoms with E-state index in [9.17, 15) is 0 Å². The van der Waals surface area contributed by atoms with Gasteiger partial charge in [0.2, 0.25) is 5.88 Å². The first kappa shape index (κ1) is 11.9. The van der Waals surface area contributed by atoms with Crippen molar-refractivity contribution in [2.24, 2.45) is 0 Å². The predicted molar refractivity (Wildman–Crippen MR) is 61.0 cm³/mol. The molecule has 1 aromatic rings. The first-order valence-electron chi connectivity index (χ1n) is 5.13. The number of hydrogen-bond acceptors (Lipinski definition) is 4. The Balaban J connectivity index is 2.49. The highest BCUT2D eigenvalue weighted by Gasteiger charge is 2.04. The maximum Gasteiger partial charge on any atom is 0.217 e. The van der Waals surface area contributed by atoms with E-state index in [1.54, 1.807) is 13.3 Å². The summed E-state index contributed by atoms with van der Waals surface area (Å²) in [6, 6.07) is 4.37. The number of aromatic nitrogens is 1. The van der Waals surface area contributed by atoms with Crippen LogP contribution in [0.3, 0.4) is 0 Å². The van der Waals surface area contributed by atoms with Crippen molar-refractivity contribution in [3.63, 3.8) is 0 Å². The van der Waals surface area contributed by atoms with Gasteiger partial charge in [0, 0.05) is 30.9 Å². The Kier molecular flexibility index (Phi) is 5.07. The Hall–Kier alpha value is -1.13. The van der Waals surface area contributed by atoms with E-state index in [1.807, 2.05) is 19.2 Å². The summed E-state index contributed by atoms with van der Waals surface area (Å²) in [5.41, 5.74) is 1.09. The van der Waals surface area contributed by atoms with Gasteiger partial charge in [0.05, 0.1) is 7.11 Å². The lowest BCUT2D eigenvalue weighted by Crippen LogP contribution is -2.34. The molecule has 0 aliphatic rings. The lowest BCUT2D eigenvalue weighted by Gasteiger charge is -2.14. The molecule has 1 unspecified atom stereocenters. The van der Waals surface area contributed by atoms with Crippen molar-refractivity contribution >= 4 is 0 Å². The molecule has 1 rings (SSSR count). The minimum absolute atomic E-state index is 0.430. The normalized spacial score (nSPS) is 12.5. The molecule has 0 radical (unpaired) electrons. The second-order valence-corrected chi connectivity index (χ2v) is 3.51. The smallest absolute Gasteiger partial charge is 0.217 e. The summed E-state index contributed by atoms with van der Waals surface area (Å²) in [6.07, 6.45) is 1.74. The molecule has 0 aliphatic heterocycles. The van der Waals surface area contributed by atoms with Crippen molar-refractivity contribution in [3.8, 4) is 5.88 Å². The van der Waals surface area contributed by atoms with Gasteiger partial charge in [0.25, 0.3) is 0 Å². The van der Waals surface area contributed by atoms with E-state index in [1.165, 1.54) is 0 Å². The van der Waals surface area contributed by atoms with Gasteiger partial charge in [-0.2, -0.15) is 0 Å².